The van der Waals surface area contributed by atoms with Crippen molar-refractivity contribution in [2.75, 3.05) is 26.3 Å². The first-order chi connectivity index (χ1) is 14.9. The van der Waals surface area contributed by atoms with Crippen LogP contribution >= 0.6 is 11.6 Å². The van der Waals surface area contributed by atoms with Gasteiger partial charge in [0.2, 0.25) is 0 Å². The second-order valence-corrected chi connectivity index (χ2v) is 8.57. The fourth-order valence-corrected chi connectivity index (χ4v) is 4.47. The van der Waals surface area contributed by atoms with Crippen molar-refractivity contribution in [3.8, 4) is 11.5 Å². The average Bonchev–Trinajstić information content (AvgIpc) is 2.75. The average molecular weight is 443 g/mol. The first-order valence-corrected chi connectivity index (χ1v) is 10.8. The minimum absolute atomic E-state index is 0.190. The van der Waals surface area contributed by atoms with Gasteiger partial charge in [-0.15, -0.1) is 0 Å². The Morgan fingerprint density at radius 3 is 2.61 bits per heavy atom. The molecule has 2 atom stereocenters. The van der Waals surface area contributed by atoms with Crippen molar-refractivity contribution in [2.45, 2.75) is 31.8 Å². The lowest BCUT2D eigenvalue weighted by molar-refractivity contribution is -0.133. The molecule has 0 saturated carbocycles. The Balaban J connectivity index is 1.35. The van der Waals surface area contributed by atoms with E-state index in [1.54, 1.807) is 0 Å². The van der Waals surface area contributed by atoms with Crippen LogP contribution in [0.5, 0.6) is 11.5 Å². The number of nitrogens with one attached hydrogen (secondary N) is 2. The van der Waals surface area contributed by atoms with Gasteiger partial charge < -0.3 is 19.9 Å². The van der Waals surface area contributed by atoms with Gasteiger partial charge in [-0.1, -0.05) is 29.8 Å². The Morgan fingerprint density at radius 1 is 1.16 bits per heavy atom. The van der Waals surface area contributed by atoms with Crippen LogP contribution in [0.3, 0.4) is 0 Å². The predicted molar refractivity (Wildman–Crippen MR) is 120 cm³/mol. The molecule has 4 rings (SSSR count). The molecule has 0 amide bonds. The molecular formula is C24H27ClN2O4. The molecule has 2 aliphatic heterocycles. The van der Waals surface area contributed by atoms with Crippen LogP contribution in [0.15, 0.2) is 48.0 Å². The van der Waals surface area contributed by atoms with Gasteiger partial charge in [0.25, 0.3) is 0 Å². The van der Waals surface area contributed by atoms with E-state index in [1.807, 2.05) is 56.3 Å². The highest BCUT2D eigenvalue weighted by Crippen LogP contribution is 2.34. The molecule has 1 unspecified atom stereocenters. The molecule has 0 spiro atoms. The molecule has 0 aromatic heterocycles. The van der Waals surface area contributed by atoms with Crippen LogP contribution in [0, 0.1) is 13.8 Å². The number of carbonyl (C=O) groups is 1. The summed E-state index contributed by atoms with van der Waals surface area (Å²) < 4.78 is 11.6. The van der Waals surface area contributed by atoms with Crippen molar-refractivity contribution < 1.29 is 19.4 Å². The van der Waals surface area contributed by atoms with Crippen LogP contribution in [0.2, 0.25) is 5.02 Å². The molecule has 2 aromatic carbocycles. The Morgan fingerprint density at radius 2 is 1.87 bits per heavy atom. The van der Waals surface area contributed by atoms with Gasteiger partial charge in [0.15, 0.2) is 0 Å². The highest BCUT2D eigenvalue weighted by atomic mass is 35.5. The SMILES string of the molecule is Cc1cc(Cl)c(OCCOc2ccc(C34CC=C(C(=O)O)[C@@H](CNC3)N4)cc2)cc1C. The Labute approximate surface area is 187 Å². The summed E-state index contributed by atoms with van der Waals surface area (Å²) in [7, 11) is 0. The lowest BCUT2D eigenvalue weighted by Crippen LogP contribution is -2.64. The Kier molecular flexibility index (Phi) is 6.23. The zero-order valence-corrected chi connectivity index (χ0v) is 18.5. The summed E-state index contributed by atoms with van der Waals surface area (Å²) in [6.07, 6.45) is 2.48. The summed E-state index contributed by atoms with van der Waals surface area (Å²) in [5, 5.41) is 16.9. The fourth-order valence-electron chi connectivity index (χ4n) is 4.20. The van der Waals surface area contributed by atoms with Crippen molar-refractivity contribution in [1.82, 2.24) is 10.6 Å². The number of carboxylic acid groups (broad SMARTS) is 1. The molecule has 0 radical (unpaired) electrons. The fraction of sp³-hybridized carbons (Fsp3) is 0.375. The number of ether oxygens (including phenoxy) is 2. The Hall–Kier alpha value is -2.54. The molecule has 0 aliphatic carbocycles. The van der Waals surface area contributed by atoms with E-state index in [2.05, 4.69) is 10.6 Å². The minimum atomic E-state index is -0.858. The molecule has 164 valence electrons. The second kappa shape index (κ2) is 8.91. The quantitative estimate of drug-likeness (QED) is 0.569. The first kappa shape index (κ1) is 21.7. The smallest absolute Gasteiger partial charge is 0.332 e. The van der Waals surface area contributed by atoms with Crippen molar-refractivity contribution >= 4 is 17.6 Å². The van der Waals surface area contributed by atoms with E-state index in [-0.39, 0.29) is 11.6 Å². The maximum Gasteiger partial charge on any atom is 0.332 e. The van der Waals surface area contributed by atoms with Gasteiger partial charge in [-0.2, -0.15) is 0 Å². The van der Waals surface area contributed by atoms with E-state index in [4.69, 9.17) is 21.1 Å². The number of hydrogen-bond acceptors (Lipinski definition) is 5. The molecule has 3 N–H and O–H groups in total. The van der Waals surface area contributed by atoms with Gasteiger partial charge in [-0.05, 0) is 61.2 Å². The van der Waals surface area contributed by atoms with E-state index in [0.29, 0.717) is 42.5 Å². The van der Waals surface area contributed by atoms with Gasteiger partial charge >= 0.3 is 5.97 Å². The highest BCUT2D eigenvalue weighted by Gasteiger charge is 2.42. The van der Waals surface area contributed by atoms with Crippen molar-refractivity contribution in [3.05, 3.63) is 69.8 Å². The third kappa shape index (κ3) is 4.56. The maximum absolute atomic E-state index is 11.4. The zero-order valence-electron chi connectivity index (χ0n) is 17.7. The van der Waals surface area contributed by atoms with Gasteiger partial charge in [-0.3, -0.25) is 5.32 Å². The maximum atomic E-state index is 11.4. The number of aliphatic carboxylic acids is 1. The molecule has 31 heavy (non-hydrogen) atoms. The summed E-state index contributed by atoms with van der Waals surface area (Å²) in [6, 6.07) is 11.6. The van der Waals surface area contributed by atoms with Crippen LogP contribution in [0.4, 0.5) is 0 Å². The van der Waals surface area contributed by atoms with E-state index >= 15 is 0 Å². The topological polar surface area (TPSA) is 79.8 Å². The molecular weight excluding hydrogens is 416 g/mol. The molecule has 1 fully saturated rings. The summed E-state index contributed by atoms with van der Waals surface area (Å²) >= 11 is 6.24. The highest BCUT2D eigenvalue weighted by molar-refractivity contribution is 6.32. The second-order valence-electron chi connectivity index (χ2n) is 8.17. The first-order valence-electron chi connectivity index (χ1n) is 10.4. The van der Waals surface area contributed by atoms with Crippen LogP contribution in [-0.4, -0.2) is 43.4 Å². The number of halogens is 1. The van der Waals surface area contributed by atoms with Gasteiger partial charge in [0, 0.05) is 13.1 Å². The molecule has 2 bridgehead atoms. The summed E-state index contributed by atoms with van der Waals surface area (Å²) in [6.45, 7) is 6.21. The normalized spacial score (nSPS) is 22.5. The molecule has 7 heteroatoms. The molecule has 6 nitrogen and oxygen atoms in total. The Bertz CT molecular complexity index is 1010. The molecule has 2 aromatic rings. The van der Waals surface area contributed by atoms with E-state index in [9.17, 15) is 9.90 Å². The predicted octanol–water partition coefficient (Wildman–Crippen LogP) is 3.59. The zero-order chi connectivity index (χ0) is 22.0. The summed E-state index contributed by atoms with van der Waals surface area (Å²) in [4.78, 5) is 11.4. The summed E-state index contributed by atoms with van der Waals surface area (Å²) in [5.74, 6) is 0.565. The number of hydrogen-bond donors (Lipinski definition) is 3. The van der Waals surface area contributed by atoms with Crippen LogP contribution in [0.1, 0.15) is 23.1 Å². The molecule has 2 aliphatic rings. The third-order valence-corrected chi connectivity index (χ3v) is 6.38. The van der Waals surface area contributed by atoms with Crippen molar-refractivity contribution in [3.63, 3.8) is 0 Å². The number of piperazine rings is 1. The van der Waals surface area contributed by atoms with Crippen LogP contribution < -0.4 is 20.1 Å². The van der Waals surface area contributed by atoms with Gasteiger partial charge in [0.1, 0.15) is 24.7 Å². The largest absolute Gasteiger partial charge is 0.490 e. The lowest BCUT2D eigenvalue weighted by atomic mass is 9.79. The third-order valence-electron chi connectivity index (χ3n) is 6.08. The molecule has 2 heterocycles. The van der Waals surface area contributed by atoms with E-state index in [0.717, 1.165) is 29.0 Å². The van der Waals surface area contributed by atoms with Crippen LogP contribution in [0.25, 0.3) is 0 Å². The van der Waals surface area contributed by atoms with Gasteiger partial charge in [0.05, 0.1) is 22.2 Å². The standard InChI is InChI=1S/C24H27ClN2O4/c1-15-11-20(25)22(12-16(15)2)31-10-9-30-18-5-3-17(4-6-18)24-8-7-19(23(28)29)21(27-24)13-26-14-24/h3-7,11-12,21,26-27H,8-10,13-14H2,1-2H3,(H,28,29)/t21-,24?/m1/s1. The minimum Gasteiger partial charge on any atom is -0.490 e. The molecule has 1 saturated heterocycles. The van der Waals surface area contributed by atoms with Crippen molar-refractivity contribution in [1.29, 1.82) is 0 Å². The lowest BCUT2D eigenvalue weighted by Gasteiger charge is -2.46. The number of fused-ring (bicyclic) bond motifs is 2. The van der Waals surface area contributed by atoms with E-state index in [1.165, 1.54) is 0 Å². The van der Waals surface area contributed by atoms with Crippen molar-refractivity contribution in [2.24, 2.45) is 0 Å². The monoisotopic (exact) mass is 442 g/mol. The van der Waals surface area contributed by atoms with Crippen LogP contribution in [-0.2, 0) is 10.3 Å². The number of rotatable bonds is 7. The number of benzene rings is 2. The summed E-state index contributed by atoms with van der Waals surface area (Å²) in [5.41, 5.74) is 3.51. The van der Waals surface area contributed by atoms with Gasteiger partial charge in [-0.25, -0.2) is 4.79 Å². The number of aryl methyl sites for hydroxylation is 2. The number of carboxylic acids is 1. The van der Waals surface area contributed by atoms with E-state index < -0.39 is 5.97 Å².